The van der Waals surface area contributed by atoms with Crippen LogP contribution in [0.25, 0.3) is 0 Å². The van der Waals surface area contributed by atoms with Crippen LogP contribution >= 0.6 is 0 Å². The molecule has 0 aliphatic heterocycles. The van der Waals surface area contributed by atoms with Crippen molar-refractivity contribution in [3.63, 3.8) is 0 Å². The van der Waals surface area contributed by atoms with Crippen molar-refractivity contribution >= 4 is 0 Å². The minimum absolute atomic E-state index is 0.241. The molecule has 2 aromatic rings. The molecule has 1 aromatic carbocycles. The Morgan fingerprint density at radius 1 is 1.30 bits per heavy atom. The monoisotopic (exact) mass is 272 g/mol. The summed E-state index contributed by atoms with van der Waals surface area (Å²) >= 11 is 0. The van der Waals surface area contributed by atoms with Crippen LogP contribution in [0.4, 0.5) is 4.39 Å². The highest BCUT2D eigenvalue weighted by molar-refractivity contribution is 5.37. The van der Waals surface area contributed by atoms with E-state index in [1.165, 1.54) is 18.9 Å². The predicted octanol–water partition coefficient (Wildman–Crippen LogP) is 3.57. The van der Waals surface area contributed by atoms with Gasteiger partial charge >= 0.3 is 0 Å². The van der Waals surface area contributed by atoms with Crippen LogP contribution in [0.15, 0.2) is 36.7 Å². The Bertz CT molecular complexity index is 611. The predicted molar refractivity (Wildman–Crippen MR) is 75.3 cm³/mol. The molecule has 0 unspecified atom stereocenters. The second-order valence-electron chi connectivity index (χ2n) is 5.17. The van der Waals surface area contributed by atoms with Crippen molar-refractivity contribution in [2.24, 2.45) is 0 Å². The van der Waals surface area contributed by atoms with Gasteiger partial charge in [-0.1, -0.05) is 6.07 Å². The van der Waals surface area contributed by atoms with Crippen LogP contribution in [0, 0.1) is 12.7 Å². The molecule has 1 N–H and O–H groups in total. The Morgan fingerprint density at radius 2 is 2.15 bits per heavy atom. The van der Waals surface area contributed by atoms with Crippen LogP contribution in [0.1, 0.15) is 24.0 Å². The number of pyridine rings is 1. The molecule has 3 rings (SSSR count). The molecule has 0 bridgehead atoms. The van der Waals surface area contributed by atoms with Gasteiger partial charge in [-0.15, -0.1) is 0 Å². The number of hydrogen-bond acceptors (Lipinski definition) is 3. The quantitative estimate of drug-likeness (QED) is 0.903. The Labute approximate surface area is 117 Å². The Kier molecular flexibility index (Phi) is 3.65. The fraction of sp³-hybridized carbons (Fsp3) is 0.312. The lowest BCUT2D eigenvalue weighted by molar-refractivity contribution is 0.433. The molecule has 0 amide bonds. The van der Waals surface area contributed by atoms with Crippen molar-refractivity contribution in [1.29, 1.82) is 0 Å². The van der Waals surface area contributed by atoms with Crippen molar-refractivity contribution in [2.45, 2.75) is 32.4 Å². The van der Waals surface area contributed by atoms with E-state index in [-0.39, 0.29) is 11.6 Å². The molecular weight excluding hydrogens is 255 g/mol. The second kappa shape index (κ2) is 5.59. The number of nitrogens with zero attached hydrogens (tertiary/aromatic N) is 1. The number of benzene rings is 1. The summed E-state index contributed by atoms with van der Waals surface area (Å²) in [7, 11) is 0. The fourth-order valence-electron chi connectivity index (χ4n) is 2.00. The summed E-state index contributed by atoms with van der Waals surface area (Å²) < 4.78 is 19.4. The lowest BCUT2D eigenvalue weighted by Gasteiger charge is -2.12. The molecule has 1 fully saturated rings. The van der Waals surface area contributed by atoms with E-state index in [1.54, 1.807) is 24.5 Å². The summed E-state index contributed by atoms with van der Waals surface area (Å²) in [6.45, 7) is 2.63. The fourth-order valence-corrected chi connectivity index (χ4v) is 2.00. The minimum Gasteiger partial charge on any atom is -0.452 e. The van der Waals surface area contributed by atoms with Crippen LogP contribution in [-0.4, -0.2) is 11.0 Å². The van der Waals surface area contributed by atoms with Gasteiger partial charge in [-0.05, 0) is 43.5 Å². The largest absolute Gasteiger partial charge is 0.452 e. The molecule has 3 nitrogen and oxygen atoms in total. The third-order valence-electron chi connectivity index (χ3n) is 3.34. The maximum Gasteiger partial charge on any atom is 0.165 e. The molecule has 1 aliphatic carbocycles. The lowest BCUT2D eigenvalue weighted by atomic mass is 10.2. The van der Waals surface area contributed by atoms with Gasteiger partial charge in [0.05, 0.1) is 6.20 Å². The van der Waals surface area contributed by atoms with Gasteiger partial charge in [-0.2, -0.15) is 0 Å². The average Bonchev–Trinajstić information content (AvgIpc) is 3.26. The van der Waals surface area contributed by atoms with E-state index < -0.39 is 0 Å². The van der Waals surface area contributed by atoms with Crippen molar-refractivity contribution in [3.8, 4) is 11.5 Å². The summed E-state index contributed by atoms with van der Waals surface area (Å²) in [5.74, 6) is 0.483. The Morgan fingerprint density at radius 3 is 2.95 bits per heavy atom. The van der Waals surface area contributed by atoms with Gasteiger partial charge in [0.2, 0.25) is 0 Å². The minimum atomic E-state index is -0.361. The number of hydrogen-bond donors (Lipinski definition) is 1. The Hall–Kier alpha value is -1.94. The van der Waals surface area contributed by atoms with E-state index in [0.717, 1.165) is 17.7 Å². The molecule has 0 saturated heterocycles. The molecule has 0 spiro atoms. The topological polar surface area (TPSA) is 34.1 Å². The summed E-state index contributed by atoms with van der Waals surface area (Å²) in [6.07, 6.45) is 5.82. The van der Waals surface area contributed by atoms with Crippen molar-refractivity contribution in [1.82, 2.24) is 10.3 Å². The van der Waals surface area contributed by atoms with E-state index in [9.17, 15) is 4.39 Å². The van der Waals surface area contributed by atoms with Gasteiger partial charge in [-0.3, -0.25) is 4.98 Å². The van der Waals surface area contributed by atoms with Gasteiger partial charge in [-0.25, -0.2) is 4.39 Å². The van der Waals surface area contributed by atoms with E-state index in [1.807, 2.05) is 13.0 Å². The highest BCUT2D eigenvalue weighted by Gasteiger charge is 2.20. The molecule has 1 aliphatic rings. The second-order valence-corrected chi connectivity index (χ2v) is 5.17. The van der Waals surface area contributed by atoms with Crippen LogP contribution in [0.2, 0.25) is 0 Å². The van der Waals surface area contributed by atoms with Crippen LogP contribution in [0.5, 0.6) is 11.5 Å². The Balaban J connectivity index is 1.80. The molecule has 20 heavy (non-hydrogen) atoms. The third-order valence-corrected chi connectivity index (χ3v) is 3.34. The van der Waals surface area contributed by atoms with E-state index in [2.05, 4.69) is 10.3 Å². The molecule has 104 valence electrons. The smallest absolute Gasteiger partial charge is 0.165 e. The number of aryl methyl sites for hydroxylation is 1. The molecular formula is C16H17FN2O. The number of halogens is 1. The summed E-state index contributed by atoms with van der Waals surface area (Å²) in [4.78, 5) is 4.06. The zero-order valence-corrected chi connectivity index (χ0v) is 11.4. The van der Waals surface area contributed by atoms with Crippen LogP contribution < -0.4 is 10.1 Å². The highest BCUT2D eigenvalue weighted by Crippen LogP contribution is 2.28. The summed E-state index contributed by atoms with van der Waals surface area (Å²) in [5, 5.41) is 3.42. The first-order valence-electron chi connectivity index (χ1n) is 6.82. The van der Waals surface area contributed by atoms with Gasteiger partial charge in [0, 0.05) is 24.3 Å². The number of aromatic nitrogens is 1. The molecule has 0 radical (unpaired) electrons. The summed E-state index contributed by atoms with van der Waals surface area (Å²) in [6, 6.07) is 7.36. The first-order chi connectivity index (χ1) is 9.72. The number of nitrogens with one attached hydrogen (secondary N) is 1. The molecule has 1 aromatic heterocycles. The van der Waals surface area contributed by atoms with Crippen molar-refractivity contribution in [3.05, 3.63) is 53.6 Å². The van der Waals surface area contributed by atoms with Gasteiger partial charge in [0.15, 0.2) is 11.6 Å². The van der Waals surface area contributed by atoms with Crippen LogP contribution in [-0.2, 0) is 6.54 Å². The normalized spacial score (nSPS) is 14.3. The molecule has 1 saturated carbocycles. The summed E-state index contributed by atoms with van der Waals surface area (Å²) in [5.41, 5.74) is 1.95. The zero-order chi connectivity index (χ0) is 13.9. The van der Waals surface area contributed by atoms with Gasteiger partial charge in [0.1, 0.15) is 5.75 Å². The van der Waals surface area contributed by atoms with Crippen LogP contribution in [0.3, 0.4) is 0 Å². The average molecular weight is 272 g/mol. The maximum atomic E-state index is 13.8. The maximum absolute atomic E-state index is 13.8. The number of ether oxygens (including phenoxy) is 1. The highest BCUT2D eigenvalue weighted by atomic mass is 19.1. The van der Waals surface area contributed by atoms with E-state index in [0.29, 0.717) is 11.8 Å². The molecule has 0 atom stereocenters. The van der Waals surface area contributed by atoms with Gasteiger partial charge < -0.3 is 10.1 Å². The first-order valence-corrected chi connectivity index (χ1v) is 6.82. The standard InChI is InChI=1S/C16H17FN2O/c1-11-2-5-14(17)15(8-11)20-16-10-18-7-6-12(16)9-19-13-3-4-13/h2,5-8,10,13,19H,3-4,9H2,1H3. The SMILES string of the molecule is Cc1ccc(F)c(Oc2cnccc2CNC2CC2)c1. The zero-order valence-electron chi connectivity index (χ0n) is 11.4. The van der Waals surface area contributed by atoms with E-state index >= 15 is 0 Å². The first kappa shape index (κ1) is 13.1. The number of rotatable bonds is 5. The third kappa shape index (κ3) is 3.14. The molecule has 4 heteroatoms. The van der Waals surface area contributed by atoms with Crippen molar-refractivity contribution < 1.29 is 9.13 Å². The van der Waals surface area contributed by atoms with Crippen molar-refractivity contribution in [2.75, 3.05) is 0 Å². The molecule has 1 heterocycles. The lowest BCUT2D eigenvalue weighted by Crippen LogP contribution is -2.15. The van der Waals surface area contributed by atoms with Gasteiger partial charge in [0.25, 0.3) is 0 Å². The van der Waals surface area contributed by atoms with E-state index in [4.69, 9.17) is 4.74 Å².